The van der Waals surface area contributed by atoms with Crippen LogP contribution in [0.1, 0.15) is 16.4 Å². The smallest absolute Gasteiger partial charge is 0.292 e. The predicted octanol–water partition coefficient (Wildman–Crippen LogP) is 4.40. The lowest BCUT2D eigenvalue weighted by Crippen LogP contribution is -2.48. The van der Waals surface area contributed by atoms with Crippen LogP contribution in [0.4, 0.5) is 10.1 Å². The van der Waals surface area contributed by atoms with E-state index in [4.69, 9.17) is 16.0 Å². The Kier molecular flexibility index (Phi) is 5.05. The first-order valence-electron chi connectivity index (χ1n) is 9.04. The van der Waals surface area contributed by atoms with Gasteiger partial charge in [-0.05, 0) is 42.5 Å². The summed E-state index contributed by atoms with van der Waals surface area (Å²) in [6, 6.07) is 13.6. The Bertz CT molecular complexity index is 995. The van der Waals surface area contributed by atoms with Crippen molar-refractivity contribution in [2.75, 3.05) is 31.1 Å². The summed E-state index contributed by atoms with van der Waals surface area (Å²) >= 11 is 6.08. The Labute approximate surface area is 167 Å². The van der Waals surface area contributed by atoms with Crippen LogP contribution in [-0.2, 0) is 0 Å². The third-order valence-electron chi connectivity index (χ3n) is 4.79. The molecule has 1 saturated heterocycles. The van der Waals surface area contributed by atoms with E-state index in [-0.39, 0.29) is 17.5 Å². The van der Waals surface area contributed by atoms with Crippen LogP contribution in [0.25, 0.3) is 11.3 Å². The van der Waals surface area contributed by atoms with E-state index in [1.165, 1.54) is 12.1 Å². The van der Waals surface area contributed by atoms with Crippen LogP contribution in [0.3, 0.4) is 0 Å². The van der Waals surface area contributed by atoms with Gasteiger partial charge in [-0.2, -0.15) is 0 Å². The summed E-state index contributed by atoms with van der Waals surface area (Å²) in [4.78, 5) is 21.3. The first-order valence-corrected chi connectivity index (χ1v) is 9.42. The number of piperazine rings is 1. The number of hydrogen-bond acceptors (Lipinski definition) is 4. The molecule has 0 bridgehead atoms. The highest BCUT2D eigenvalue weighted by molar-refractivity contribution is 6.30. The van der Waals surface area contributed by atoms with Crippen molar-refractivity contribution in [3.05, 3.63) is 71.0 Å². The van der Waals surface area contributed by atoms with E-state index >= 15 is 0 Å². The number of carbonyl (C=O) groups excluding carboxylic acids is 1. The van der Waals surface area contributed by atoms with Gasteiger partial charge in [0, 0.05) is 49.4 Å². The fourth-order valence-corrected chi connectivity index (χ4v) is 3.54. The van der Waals surface area contributed by atoms with Crippen LogP contribution in [0.5, 0.6) is 0 Å². The molecule has 0 unspecified atom stereocenters. The Hall–Kier alpha value is -2.86. The van der Waals surface area contributed by atoms with E-state index in [1.807, 2.05) is 24.3 Å². The number of nitrogens with zero attached hydrogens (tertiary/aromatic N) is 3. The van der Waals surface area contributed by atoms with Gasteiger partial charge in [0.05, 0.1) is 0 Å². The summed E-state index contributed by atoms with van der Waals surface area (Å²) in [6.45, 7) is 4.22. The number of hydrogen-bond donors (Lipinski definition) is 0. The molecule has 2 aromatic carbocycles. The van der Waals surface area contributed by atoms with Crippen molar-refractivity contribution in [2.45, 2.75) is 6.92 Å². The lowest BCUT2D eigenvalue weighted by atomic mass is 10.1. The first-order chi connectivity index (χ1) is 13.5. The molecule has 0 N–H and O–H groups in total. The zero-order valence-corrected chi connectivity index (χ0v) is 16.1. The van der Waals surface area contributed by atoms with Crippen LogP contribution in [-0.4, -0.2) is 42.0 Å². The Morgan fingerprint density at radius 1 is 1.11 bits per heavy atom. The third kappa shape index (κ3) is 3.73. The SMILES string of the molecule is Cc1nc(-c2ccc(F)cc2)c(C(=O)N2CCN(c3cccc(Cl)c3)CC2)o1. The number of aryl methyl sites for hydroxylation is 1. The molecule has 144 valence electrons. The fraction of sp³-hybridized carbons (Fsp3) is 0.238. The molecule has 4 rings (SSSR count). The van der Waals surface area contributed by atoms with Crippen LogP contribution in [0.15, 0.2) is 52.9 Å². The van der Waals surface area contributed by atoms with E-state index in [1.54, 1.807) is 24.0 Å². The van der Waals surface area contributed by atoms with Gasteiger partial charge in [0.1, 0.15) is 11.5 Å². The monoisotopic (exact) mass is 399 g/mol. The Morgan fingerprint density at radius 3 is 2.50 bits per heavy atom. The molecular formula is C21H19ClFN3O2. The predicted molar refractivity (Wildman–Crippen MR) is 106 cm³/mol. The van der Waals surface area contributed by atoms with Gasteiger partial charge in [-0.15, -0.1) is 0 Å². The molecule has 3 aromatic rings. The fourth-order valence-electron chi connectivity index (χ4n) is 3.36. The van der Waals surface area contributed by atoms with Gasteiger partial charge in [0.15, 0.2) is 5.89 Å². The van der Waals surface area contributed by atoms with E-state index < -0.39 is 0 Å². The maximum atomic E-state index is 13.2. The second kappa shape index (κ2) is 7.64. The molecule has 0 radical (unpaired) electrons. The molecule has 28 heavy (non-hydrogen) atoms. The zero-order valence-electron chi connectivity index (χ0n) is 15.4. The molecular weight excluding hydrogens is 381 g/mol. The van der Waals surface area contributed by atoms with Crippen molar-refractivity contribution in [3.8, 4) is 11.3 Å². The standard InChI is InChI=1S/C21H19ClFN3O2/c1-14-24-19(15-5-7-17(23)8-6-15)20(28-14)21(27)26-11-9-25(10-12-26)18-4-2-3-16(22)13-18/h2-8,13H,9-12H2,1H3. The highest BCUT2D eigenvalue weighted by Crippen LogP contribution is 2.27. The van der Waals surface area contributed by atoms with Gasteiger partial charge in [-0.25, -0.2) is 9.37 Å². The minimum Gasteiger partial charge on any atom is -0.435 e. The minimum absolute atomic E-state index is 0.195. The normalized spacial score (nSPS) is 14.4. The van der Waals surface area contributed by atoms with Crippen LogP contribution in [0.2, 0.25) is 5.02 Å². The summed E-state index contributed by atoms with van der Waals surface area (Å²) in [6.07, 6.45) is 0. The van der Waals surface area contributed by atoms with Crippen molar-refractivity contribution in [1.82, 2.24) is 9.88 Å². The summed E-state index contributed by atoms with van der Waals surface area (Å²) in [5.41, 5.74) is 2.14. The lowest BCUT2D eigenvalue weighted by molar-refractivity contribution is 0.0714. The topological polar surface area (TPSA) is 49.6 Å². The number of amides is 1. The lowest BCUT2D eigenvalue weighted by Gasteiger charge is -2.35. The molecule has 0 saturated carbocycles. The van der Waals surface area contributed by atoms with Gasteiger partial charge in [0.25, 0.3) is 5.91 Å². The molecule has 5 nitrogen and oxygen atoms in total. The molecule has 1 fully saturated rings. The molecule has 0 aliphatic carbocycles. The maximum absolute atomic E-state index is 13.2. The molecule has 1 amide bonds. The number of carbonyl (C=O) groups is 1. The zero-order chi connectivity index (χ0) is 19.7. The van der Waals surface area contributed by atoms with E-state index in [2.05, 4.69) is 9.88 Å². The minimum atomic E-state index is -0.339. The van der Waals surface area contributed by atoms with Gasteiger partial charge < -0.3 is 14.2 Å². The number of aromatic nitrogens is 1. The molecule has 2 heterocycles. The number of benzene rings is 2. The van der Waals surface area contributed by atoms with Crippen LogP contribution in [0, 0.1) is 12.7 Å². The largest absolute Gasteiger partial charge is 0.435 e. The molecule has 1 aliphatic heterocycles. The number of oxazole rings is 1. The second-order valence-electron chi connectivity index (χ2n) is 6.68. The highest BCUT2D eigenvalue weighted by atomic mass is 35.5. The van der Waals surface area contributed by atoms with Gasteiger partial charge >= 0.3 is 0 Å². The van der Waals surface area contributed by atoms with Crippen LogP contribution >= 0.6 is 11.6 Å². The molecule has 0 atom stereocenters. The second-order valence-corrected chi connectivity index (χ2v) is 7.11. The summed E-state index contributed by atoms with van der Waals surface area (Å²) in [5, 5.41) is 0.692. The summed E-state index contributed by atoms with van der Waals surface area (Å²) in [5.74, 6) is 0.0557. The third-order valence-corrected chi connectivity index (χ3v) is 5.02. The summed E-state index contributed by atoms with van der Waals surface area (Å²) < 4.78 is 18.8. The molecule has 0 spiro atoms. The van der Waals surface area contributed by atoms with Crippen LogP contribution < -0.4 is 4.90 Å². The average Bonchev–Trinajstić information content (AvgIpc) is 3.10. The Morgan fingerprint density at radius 2 is 1.82 bits per heavy atom. The molecule has 1 aliphatic rings. The van der Waals surface area contributed by atoms with E-state index in [0.29, 0.717) is 48.3 Å². The van der Waals surface area contributed by atoms with Gasteiger partial charge in [-0.3, -0.25) is 4.79 Å². The van der Waals surface area contributed by atoms with E-state index in [0.717, 1.165) is 5.69 Å². The quantitative estimate of drug-likeness (QED) is 0.654. The number of halogens is 2. The van der Waals surface area contributed by atoms with E-state index in [9.17, 15) is 9.18 Å². The van der Waals surface area contributed by atoms with Crippen molar-refractivity contribution in [2.24, 2.45) is 0 Å². The maximum Gasteiger partial charge on any atom is 0.292 e. The van der Waals surface area contributed by atoms with Crippen molar-refractivity contribution >= 4 is 23.2 Å². The molecule has 1 aromatic heterocycles. The number of anilines is 1. The van der Waals surface area contributed by atoms with Gasteiger partial charge in [-0.1, -0.05) is 17.7 Å². The van der Waals surface area contributed by atoms with Crippen molar-refractivity contribution in [3.63, 3.8) is 0 Å². The average molecular weight is 400 g/mol. The highest BCUT2D eigenvalue weighted by Gasteiger charge is 2.28. The first kappa shape index (κ1) is 18.5. The van der Waals surface area contributed by atoms with Crippen molar-refractivity contribution < 1.29 is 13.6 Å². The number of rotatable bonds is 3. The van der Waals surface area contributed by atoms with Gasteiger partial charge in [0.2, 0.25) is 5.76 Å². The van der Waals surface area contributed by atoms with Crippen molar-refractivity contribution in [1.29, 1.82) is 0 Å². The molecule has 7 heteroatoms. The Balaban J connectivity index is 1.51. The summed E-state index contributed by atoms with van der Waals surface area (Å²) in [7, 11) is 0.